The van der Waals surface area contributed by atoms with E-state index in [1.54, 1.807) is 17.0 Å². The molecular weight excluding hydrogens is 453 g/mol. The molecule has 1 aliphatic heterocycles. The molecule has 0 spiro atoms. The normalized spacial score (nSPS) is 14.1. The molecule has 0 N–H and O–H groups in total. The highest BCUT2D eigenvalue weighted by Crippen LogP contribution is 2.38. The average Bonchev–Trinajstić information content (AvgIpc) is 2.85. The summed E-state index contributed by atoms with van der Waals surface area (Å²) in [7, 11) is 4.54. The number of ether oxygens (including phenoxy) is 3. The van der Waals surface area contributed by atoms with Gasteiger partial charge in [-0.05, 0) is 36.2 Å². The van der Waals surface area contributed by atoms with E-state index in [0.29, 0.717) is 23.7 Å². The van der Waals surface area contributed by atoms with E-state index in [2.05, 4.69) is 0 Å². The van der Waals surface area contributed by atoms with Crippen molar-refractivity contribution in [1.82, 2.24) is 9.80 Å². The van der Waals surface area contributed by atoms with Crippen molar-refractivity contribution in [3.63, 3.8) is 0 Å². The van der Waals surface area contributed by atoms with Gasteiger partial charge in [-0.2, -0.15) is 13.2 Å². The van der Waals surface area contributed by atoms with E-state index in [-0.39, 0.29) is 44.1 Å². The lowest BCUT2D eigenvalue weighted by Gasteiger charge is -2.35. The first-order valence-corrected chi connectivity index (χ1v) is 10.7. The van der Waals surface area contributed by atoms with Gasteiger partial charge in [0.1, 0.15) is 0 Å². The number of piperazine rings is 1. The van der Waals surface area contributed by atoms with Crippen molar-refractivity contribution >= 4 is 11.8 Å². The number of amides is 2. The summed E-state index contributed by atoms with van der Waals surface area (Å²) in [5.41, 5.74) is -0.499. The fourth-order valence-electron chi connectivity index (χ4n) is 3.94. The predicted molar refractivity (Wildman–Crippen MR) is 118 cm³/mol. The molecule has 0 unspecified atom stereocenters. The highest BCUT2D eigenvalue weighted by molar-refractivity contribution is 5.96. The molecule has 1 heterocycles. The minimum atomic E-state index is -4.61. The first-order chi connectivity index (χ1) is 16.2. The summed E-state index contributed by atoms with van der Waals surface area (Å²) in [4.78, 5) is 28.4. The van der Waals surface area contributed by atoms with Gasteiger partial charge in [0.2, 0.25) is 11.7 Å². The van der Waals surface area contributed by atoms with Crippen LogP contribution < -0.4 is 14.2 Å². The van der Waals surface area contributed by atoms with Gasteiger partial charge in [-0.25, -0.2) is 0 Å². The zero-order chi connectivity index (χ0) is 24.9. The van der Waals surface area contributed by atoms with Crippen LogP contribution >= 0.6 is 0 Å². The molecule has 184 valence electrons. The molecule has 1 fully saturated rings. The molecule has 0 aromatic heterocycles. The van der Waals surface area contributed by atoms with Crippen LogP contribution in [0.15, 0.2) is 36.4 Å². The van der Waals surface area contributed by atoms with E-state index in [0.717, 1.165) is 11.6 Å². The monoisotopic (exact) mass is 480 g/mol. The maximum absolute atomic E-state index is 13.3. The van der Waals surface area contributed by atoms with Gasteiger partial charge in [0.25, 0.3) is 5.91 Å². The Morgan fingerprint density at radius 1 is 0.882 bits per heavy atom. The van der Waals surface area contributed by atoms with Crippen LogP contribution in [0.2, 0.25) is 0 Å². The first kappa shape index (κ1) is 25.2. The first-order valence-electron chi connectivity index (χ1n) is 10.7. The third-order valence-electron chi connectivity index (χ3n) is 5.73. The molecule has 0 saturated carbocycles. The fourth-order valence-corrected chi connectivity index (χ4v) is 3.94. The fraction of sp³-hybridized carbons (Fsp3) is 0.417. The van der Waals surface area contributed by atoms with Gasteiger partial charge in [-0.15, -0.1) is 0 Å². The van der Waals surface area contributed by atoms with Crippen molar-refractivity contribution in [3.8, 4) is 17.2 Å². The highest BCUT2D eigenvalue weighted by atomic mass is 19.4. The summed E-state index contributed by atoms with van der Waals surface area (Å²) in [6, 6.07) is 8.30. The van der Waals surface area contributed by atoms with Gasteiger partial charge < -0.3 is 24.0 Å². The number of hydrogen-bond acceptors (Lipinski definition) is 5. The van der Waals surface area contributed by atoms with Crippen LogP contribution in [0.1, 0.15) is 27.9 Å². The van der Waals surface area contributed by atoms with Gasteiger partial charge in [0, 0.05) is 32.6 Å². The second kappa shape index (κ2) is 10.7. The number of rotatable bonds is 7. The number of benzene rings is 2. The van der Waals surface area contributed by atoms with E-state index >= 15 is 0 Å². The molecule has 0 atom stereocenters. The molecule has 2 aromatic rings. The van der Waals surface area contributed by atoms with Crippen LogP contribution in [0.5, 0.6) is 17.2 Å². The second-order valence-corrected chi connectivity index (χ2v) is 7.75. The van der Waals surface area contributed by atoms with E-state index in [9.17, 15) is 22.8 Å². The SMILES string of the molecule is COc1cc(CCC(=O)N2CCN(C(=O)c3ccccc3C(F)(F)F)CC2)cc(OC)c1OC. The lowest BCUT2D eigenvalue weighted by atomic mass is 10.1. The number of methoxy groups -OCH3 is 3. The van der Waals surface area contributed by atoms with Crippen LogP contribution in [0, 0.1) is 0 Å². The number of nitrogens with zero attached hydrogens (tertiary/aromatic N) is 2. The van der Waals surface area contributed by atoms with E-state index in [1.165, 1.54) is 44.4 Å². The lowest BCUT2D eigenvalue weighted by molar-refractivity contribution is -0.138. The zero-order valence-electron chi connectivity index (χ0n) is 19.3. The molecule has 7 nitrogen and oxygen atoms in total. The second-order valence-electron chi connectivity index (χ2n) is 7.75. The standard InChI is InChI=1S/C24H27F3N2O5/c1-32-19-14-16(15-20(33-2)22(19)34-3)8-9-21(30)28-10-12-29(13-11-28)23(31)17-6-4-5-7-18(17)24(25,26)27/h4-7,14-15H,8-13H2,1-3H3. The van der Waals surface area contributed by atoms with Crippen molar-refractivity contribution in [2.75, 3.05) is 47.5 Å². The van der Waals surface area contributed by atoms with Crippen molar-refractivity contribution < 1.29 is 37.0 Å². The topological polar surface area (TPSA) is 68.3 Å². The molecule has 10 heteroatoms. The predicted octanol–water partition coefficient (Wildman–Crippen LogP) is 3.65. The smallest absolute Gasteiger partial charge is 0.417 e. The van der Waals surface area contributed by atoms with Crippen molar-refractivity contribution in [3.05, 3.63) is 53.1 Å². The van der Waals surface area contributed by atoms with Crippen molar-refractivity contribution in [2.24, 2.45) is 0 Å². The third kappa shape index (κ3) is 5.55. The summed E-state index contributed by atoms with van der Waals surface area (Å²) in [5.74, 6) is 0.674. The molecule has 34 heavy (non-hydrogen) atoms. The Morgan fingerprint density at radius 3 is 1.97 bits per heavy atom. The minimum absolute atomic E-state index is 0.100. The van der Waals surface area contributed by atoms with Gasteiger partial charge in [0.05, 0.1) is 32.5 Å². The van der Waals surface area contributed by atoms with Crippen LogP contribution in [0.4, 0.5) is 13.2 Å². The van der Waals surface area contributed by atoms with Crippen LogP contribution in [-0.2, 0) is 17.4 Å². The molecule has 1 aliphatic rings. The van der Waals surface area contributed by atoms with Crippen LogP contribution in [-0.4, -0.2) is 69.1 Å². The van der Waals surface area contributed by atoms with Gasteiger partial charge in [-0.3, -0.25) is 9.59 Å². The Hall–Kier alpha value is -3.43. The summed E-state index contributed by atoms with van der Waals surface area (Å²) in [6.07, 6.45) is -3.95. The van der Waals surface area contributed by atoms with Crippen molar-refractivity contribution in [1.29, 1.82) is 0 Å². The molecule has 0 radical (unpaired) electrons. The largest absolute Gasteiger partial charge is 0.493 e. The maximum Gasteiger partial charge on any atom is 0.417 e. The lowest BCUT2D eigenvalue weighted by Crippen LogP contribution is -2.50. The quantitative estimate of drug-likeness (QED) is 0.605. The Bertz CT molecular complexity index is 1010. The minimum Gasteiger partial charge on any atom is -0.493 e. The summed E-state index contributed by atoms with van der Waals surface area (Å²) >= 11 is 0. The Balaban J connectivity index is 1.59. The van der Waals surface area contributed by atoms with E-state index < -0.39 is 17.6 Å². The number of alkyl halides is 3. The molecule has 1 saturated heterocycles. The van der Waals surface area contributed by atoms with Crippen molar-refractivity contribution in [2.45, 2.75) is 19.0 Å². The molecule has 2 aromatic carbocycles. The molecule has 2 amide bonds. The molecule has 0 bridgehead atoms. The van der Waals surface area contributed by atoms with E-state index in [1.807, 2.05) is 0 Å². The van der Waals surface area contributed by atoms with Gasteiger partial charge in [0.15, 0.2) is 11.5 Å². The number of aryl methyl sites for hydroxylation is 1. The highest BCUT2D eigenvalue weighted by Gasteiger charge is 2.36. The molecular formula is C24H27F3N2O5. The van der Waals surface area contributed by atoms with Crippen LogP contribution in [0.25, 0.3) is 0 Å². The van der Waals surface area contributed by atoms with Gasteiger partial charge >= 0.3 is 6.18 Å². The third-order valence-corrected chi connectivity index (χ3v) is 5.73. The Morgan fingerprint density at radius 2 is 1.44 bits per heavy atom. The number of carbonyl (C=O) groups is 2. The molecule has 0 aliphatic carbocycles. The average molecular weight is 480 g/mol. The van der Waals surface area contributed by atoms with Gasteiger partial charge in [-0.1, -0.05) is 12.1 Å². The maximum atomic E-state index is 13.3. The van der Waals surface area contributed by atoms with Crippen LogP contribution in [0.3, 0.4) is 0 Å². The number of hydrogen-bond donors (Lipinski definition) is 0. The Labute approximate surface area is 196 Å². The van der Waals surface area contributed by atoms with E-state index in [4.69, 9.17) is 14.2 Å². The summed E-state index contributed by atoms with van der Waals surface area (Å²) in [5, 5.41) is 0. The number of carbonyl (C=O) groups excluding carboxylic acids is 2. The Kier molecular flexibility index (Phi) is 7.90. The number of halogens is 3. The molecule has 3 rings (SSSR count). The zero-order valence-corrected chi connectivity index (χ0v) is 19.3. The summed E-state index contributed by atoms with van der Waals surface area (Å²) < 4.78 is 55.8. The summed E-state index contributed by atoms with van der Waals surface area (Å²) in [6.45, 7) is 0.851.